The fraction of sp³-hybridized carbons (Fsp3) is 0.100. The van der Waals surface area contributed by atoms with Gasteiger partial charge in [0.05, 0.1) is 18.5 Å². The number of rotatable bonds is 6. The highest BCUT2D eigenvalue weighted by Gasteiger charge is 2.07. The average Bonchev–Trinajstić information content (AvgIpc) is 2.66. The first-order valence-corrected chi connectivity index (χ1v) is 8.30. The molecule has 0 atom stereocenters. The van der Waals surface area contributed by atoms with Crippen LogP contribution in [0.15, 0.2) is 66.9 Å². The van der Waals surface area contributed by atoms with Crippen LogP contribution in [0.25, 0.3) is 0 Å². The number of hydrogen-bond acceptors (Lipinski definition) is 4. The number of hydrogen-bond donors (Lipinski definition) is 1. The van der Waals surface area contributed by atoms with Crippen LogP contribution in [0.3, 0.4) is 0 Å². The number of benzene rings is 2. The van der Waals surface area contributed by atoms with Gasteiger partial charge in [-0.05, 0) is 48.0 Å². The molecule has 26 heavy (non-hydrogen) atoms. The van der Waals surface area contributed by atoms with Crippen molar-refractivity contribution in [3.8, 4) is 11.6 Å². The Bertz CT molecular complexity index is 863. The zero-order valence-electron chi connectivity index (χ0n) is 14.1. The minimum Gasteiger partial charge on any atom is -0.439 e. The van der Waals surface area contributed by atoms with Crippen LogP contribution in [0.1, 0.15) is 15.9 Å². The van der Waals surface area contributed by atoms with E-state index < -0.39 is 0 Å². The zero-order chi connectivity index (χ0) is 18.4. The molecule has 0 unspecified atom stereocenters. The van der Waals surface area contributed by atoms with E-state index in [1.165, 1.54) is 0 Å². The molecule has 0 fully saturated rings. The van der Waals surface area contributed by atoms with Crippen molar-refractivity contribution in [1.82, 2.24) is 4.98 Å². The molecule has 0 spiro atoms. The Hall–Kier alpha value is -2.89. The van der Waals surface area contributed by atoms with Crippen LogP contribution < -0.4 is 10.1 Å². The van der Waals surface area contributed by atoms with E-state index >= 15 is 0 Å². The summed E-state index contributed by atoms with van der Waals surface area (Å²) in [4.78, 5) is 16.5. The maximum absolute atomic E-state index is 12.3. The second-order valence-electron chi connectivity index (χ2n) is 5.53. The van der Waals surface area contributed by atoms with Gasteiger partial charge < -0.3 is 14.8 Å². The van der Waals surface area contributed by atoms with E-state index in [4.69, 9.17) is 21.1 Å². The second-order valence-corrected chi connectivity index (χ2v) is 5.96. The Morgan fingerprint density at radius 2 is 1.77 bits per heavy atom. The Morgan fingerprint density at radius 3 is 2.38 bits per heavy atom. The highest BCUT2D eigenvalue weighted by Crippen LogP contribution is 2.22. The molecule has 0 saturated heterocycles. The molecule has 0 aliphatic rings. The molecular weight excluding hydrogens is 352 g/mol. The van der Waals surface area contributed by atoms with Gasteiger partial charge in [0.15, 0.2) is 0 Å². The van der Waals surface area contributed by atoms with Crippen LogP contribution in [-0.2, 0) is 11.3 Å². The van der Waals surface area contributed by atoms with Gasteiger partial charge in [-0.3, -0.25) is 4.79 Å². The predicted molar refractivity (Wildman–Crippen MR) is 101 cm³/mol. The first-order chi connectivity index (χ1) is 12.6. The Morgan fingerprint density at radius 1 is 1.04 bits per heavy atom. The fourth-order valence-corrected chi connectivity index (χ4v) is 2.39. The van der Waals surface area contributed by atoms with E-state index in [1.807, 2.05) is 12.1 Å². The number of methoxy groups -OCH3 is 1. The number of nitrogens with one attached hydrogen (secondary N) is 1. The molecule has 5 nitrogen and oxygen atoms in total. The van der Waals surface area contributed by atoms with Gasteiger partial charge in [-0.2, -0.15) is 0 Å². The Kier molecular flexibility index (Phi) is 5.84. The lowest BCUT2D eigenvalue weighted by molar-refractivity contribution is 0.102. The molecule has 6 heteroatoms. The van der Waals surface area contributed by atoms with Crippen LogP contribution in [0, 0.1) is 0 Å². The van der Waals surface area contributed by atoms with E-state index in [0.29, 0.717) is 34.5 Å². The molecule has 0 aliphatic carbocycles. The minimum atomic E-state index is -0.206. The number of pyridine rings is 1. The summed E-state index contributed by atoms with van der Waals surface area (Å²) in [6.45, 7) is 0.515. The number of nitrogens with zero attached hydrogens (tertiary/aromatic N) is 1. The quantitative estimate of drug-likeness (QED) is 0.670. The Balaban J connectivity index is 1.61. The molecule has 1 aromatic heterocycles. The highest BCUT2D eigenvalue weighted by molar-refractivity contribution is 6.30. The standard InChI is InChI=1S/C20H17ClN2O3/c1-25-13-14-2-4-15(5-3-14)20(24)23-17-8-11-19(22-12-17)26-18-9-6-16(21)7-10-18/h2-12H,13H2,1H3,(H,23,24). The molecule has 132 valence electrons. The number of amides is 1. The van der Waals surface area contributed by atoms with Gasteiger partial charge in [-0.25, -0.2) is 4.98 Å². The van der Waals surface area contributed by atoms with Crippen molar-refractivity contribution >= 4 is 23.2 Å². The van der Waals surface area contributed by atoms with Crippen LogP contribution >= 0.6 is 11.6 Å². The summed E-state index contributed by atoms with van der Waals surface area (Å²) in [6, 6.07) is 17.7. The third-order valence-electron chi connectivity index (χ3n) is 3.56. The van der Waals surface area contributed by atoms with Crippen molar-refractivity contribution in [1.29, 1.82) is 0 Å². The maximum atomic E-state index is 12.3. The summed E-state index contributed by atoms with van der Waals surface area (Å²) < 4.78 is 10.7. The molecule has 1 heterocycles. The van der Waals surface area contributed by atoms with E-state index in [-0.39, 0.29) is 5.91 Å². The molecule has 3 rings (SSSR count). The Labute approximate surface area is 156 Å². The van der Waals surface area contributed by atoms with Gasteiger partial charge in [0, 0.05) is 23.8 Å². The molecule has 0 saturated carbocycles. The molecule has 1 N–H and O–H groups in total. The monoisotopic (exact) mass is 368 g/mol. The van der Waals surface area contributed by atoms with Crippen molar-refractivity contribution in [3.05, 3.63) is 83.0 Å². The number of halogens is 1. The molecular formula is C20H17ClN2O3. The van der Waals surface area contributed by atoms with Crippen molar-refractivity contribution < 1.29 is 14.3 Å². The van der Waals surface area contributed by atoms with E-state index in [9.17, 15) is 4.79 Å². The normalized spacial score (nSPS) is 10.4. The molecule has 0 bridgehead atoms. The van der Waals surface area contributed by atoms with Gasteiger partial charge >= 0.3 is 0 Å². The average molecular weight is 369 g/mol. The third kappa shape index (κ3) is 4.81. The lowest BCUT2D eigenvalue weighted by Crippen LogP contribution is -2.12. The number of ether oxygens (including phenoxy) is 2. The van der Waals surface area contributed by atoms with Crippen LogP contribution in [0.4, 0.5) is 5.69 Å². The molecule has 0 radical (unpaired) electrons. The minimum absolute atomic E-state index is 0.206. The van der Waals surface area contributed by atoms with Crippen LogP contribution in [0.5, 0.6) is 11.6 Å². The van der Waals surface area contributed by atoms with Gasteiger partial charge in [0.2, 0.25) is 5.88 Å². The van der Waals surface area contributed by atoms with Crippen molar-refractivity contribution in [2.24, 2.45) is 0 Å². The van der Waals surface area contributed by atoms with Gasteiger partial charge in [0.1, 0.15) is 5.75 Å². The van der Waals surface area contributed by atoms with E-state index in [1.54, 1.807) is 61.8 Å². The predicted octanol–water partition coefficient (Wildman–Crippen LogP) is 4.93. The lowest BCUT2D eigenvalue weighted by Gasteiger charge is -2.08. The maximum Gasteiger partial charge on any atom is 0.255 e. The largest absolute Gasteiger partial charge is 0.439 e. The summed E-state index contributed by atoms with van der Waals surface area (Å²) in [7, 11) is 1.63. The lowest BCUT2D eigenvalue weighted by atomic mass is 10.1. The van der Waals surface area contributed by atoms with Crippen molar-refractivity contribution in [3.63, 3.8) is 0 Å². The van der Waals surface area contributed by atoms with E-state index in [2.05, 4.69) is 10.3 Å². The topological polar surface area (TPSA) is 60.5 Å². The summed E-state index contributed by atoms with van der Waals surface area (Å²) in [5, 5.41) is 3.44. The number of anilines is 1. The SMILES string of the molecule is COCc1ccc(C(=O)Nc2ccc(Oc3ccc(Cl)cc3)nc2)cc1. The first kappa shape index (κ1) is 17.9. The summed E-state index contributed by atoms with van der Waals surface area (Å²) >= 11 is 5.84. The van der Waals surface area contributed by atoms with Gasteiger partial charge in [-0.15, -0.1) is 0 Å². The summed E-state index contributed by atoms with van der Waals surface area (Å²) in [5.74, 6) is 0.853. The van der Waals surface area contributed by atoms with Crippen molar-refractivity contribution in [2.75, 3.05) is 12.4 Å². The zero-order valence-corrected chi connectivity index (χ0v) is 14.9. The molecule has 2 aromatic carbocycles. The number of carbonyl (C=O) groups is 1. The summed E-state index contributed by atoms with van der Waals surface area (Å²) in [5.41, 5.74) is 2.15. The van der Waals surface area contributed by atoms with Crippen molar-refractivity contribution in [2.45, 2.75) is 6.61 Å². The molecule has 1 amide bonds. The third-order valence-corrected chi connectivity index (χ3v) is 3.81. The molecule has 3 aromatic rings. The highest BCUT2D eigenvalue weighted by atomic mass is 35.5. The smallest absolute Gasteiger partial charge is 0.255 e. The second kappa shape index (κ2) is 8.47. The van der Waals surface area contributed by atoms with E-state index in [0.717, 1.165) is 5.56 Å². The fourth-order valence-electron chi connectivity index (χ4n) is 2.26. The number of aromatic nitrogens is 1. The number of carbonyl (C=O) groups excluding carboxylic acids is 1. The van der Waals surface area contributed by atoms with Gasteiger partial charge in [-0.1, -0.05) is 23.7 Å². The first-order valence-electron chi connectivity index (χ1n) is 7.93. The van der Waals surface area contributed by atoms with Crippen LogP contribution in [-0.4, -0.2) is 18.0 Å². The summed E-state index contributed by atoms with van der Waals surface area (Å²) in [6.07, 6.45) is 1.54. The van der Waals surface area contributed by atoms with Crippen LogP contribution in [0.2, 0.25) is 5.02 Å². The molecule has 0 aliphatic heterocycles. The van der Waals surface area contributed by atoms with Gasteiger partial charge in [0.25, 0.3) is 5.91 Å².